The van der Waals surface area contributed by atoms with Gasteiger partial charge >= 0.3 is 0 Å². The molecule has 1 saturated carbocycles. The van der Waals surface area contributed by atoms with E-state index in [1.807, 2.05) is 6.92 Å². The topological polar surface area (TPSA) is 18.5 Å². The summed E-state index contributed by atoms with van der Waals surface area (Å²) >= 11 is 0. The first kappa shape index (κ1) is 12.2. The largest absolute Gasteiger partial charge is 0.344 e. The maximum Gasteiger partial charge on any atom is 0.192 e. The van der Waals surface area contributed by atoms with E-state index in [2.05, 4.69) is 25.1 Å². The van der Waals surface area contributed by atoms with Gasteiger partial charge in [-0.05, 0) is 43.7 Å². The summed E-state index contributed by atoms with van der Waals surface area (Å²) < 4.78 is 11.5. The minimum Gasteiger partial charge on any atom is -0.344 e. The smallest absolute Gasteiger partial charge is 0.192 e. The van der Waals surface area contributed by atoms with Crippen molar-refractivity contribution in [1.82, 2.24) is 0 Å². The van der Waals surface area contributed by atoms with Crippen LogP contribution in [0.4, 0.5) is 0 Å². The number of aryl methyl sites for hydroxylation is 1. The van der Waals surface area contributed by atoms with Crippen LogP contribution in [0, 0.1) is 6.92 Å². The van der Waals surface area contributed by atoms with Gasteiger partial charge in [-0.2, -0.15) is 0 Å². The molecule has 18 heavy (non-hydrogen) atoms. The van der Waals surface area contributed by atoms with Crippen LogP contribution in [-0.4, -0.2) is 13.2 Å². The van der Waals surface area contributed by atoms with E-state index < -0.39 is 5.79 Å². The Bertz CT molecular complexity index is 427. The number of rotatable bonds is 2. The van der Waals surface area contributed by atoms with E-state index in [1.54, 1.807) is 0 Å². The summed E-state index contributed by atoms with van der Waals surface area (Å²) in [5.74, 6) is 0.245. The van der Waals surface area contributed by atoms with Gasteiger partial charge in [0.15, 0.2) is 5.79 Å². The van der Waals surface area contributed by atoms with Crippen LogP contribution in [0.15, 0.2) is 18.2 Å². The zero-order valence-electron chi connectivity index (χ0n) is 11.4. The van der Waals surface area contributed by atoms with Gasteiger partial charge in [-0.15, -0.1) is 0 Å². The minimum atomic E-state index is -0.529. The van der Waals surface area contributed by atoms with Gasteiger partial charge in [-0.1, -0.05) is 31.0 Å². The molecule has 0 aromatic heterocycles. The molecular formula is C16H22O2. The molecule has 0 amide bonds. The van der Waals surface area contributed by atoms with Crippen LogP contribution in [0.2, 0.25) is 0 Å². The fraction of sp³-hybridized carbons (Fsp3) is 0.625. The molecule has 0 atom stereocenters. The summed E-state index contributed by atoms with van der Waals surface area (Å²) in [5.41, 5.74) is 3.97. The zero-order chi connectivity index (χ0) is 12.6. The molecule has 0 radical (unpaired) electrons. The SMILES string of the molecule is Cc1cc(C2CCCC2)ccc1C1(C)OCCO1. The van der Waals surface area contributed by atoms with Crippen LogP contribution in [0.1, 0.15) is 55.2 Å². The molecule has 1 heterocycles. The van der Waals surface area contributed by atoms with Crippen molar-refractivity contribution in [3.63, 3.8) is 0 Å². The minimum absolute atomic E-state index is 0.529. The Morgan fingerprint density at radius 2 is 1.78 bits per heavy atom. The van der Waals surface area contributed by atoms with Gasteiger partial charge in [0.25, 0.3) is 0 Å². The molecule has 3 rings (SSSR count). The van der Waals surface area contributed by atoms with E-state index in [0.29, 0.717) is 13.2 Å². The molecule has 0 spiro atoms. The third kappa shape index (κ3) is 2.08. The van der Waals surface area contributed by atoms with Crippen molar-refractivity contribution in [2.45, 2.75) is 51.2 Å². The van der Waals surface area contributed by atoms with Crippen LogP contribution in [0.3, 0.4) is 0 Å². The fourth-order valence-corrected chi connectivity index (χ4v) is 3.38. The highest BCUT2D eigenvalue weighted by molar-refractivity contribution is 5.36. The summed E-state index contributed by atoms with van der Waals surface area (Å²) in [6.45, 7) is 5.59. The molecule has 1 aliphatic carbocycles. The molecule has 0 bridgehead atoms. The predicted molar refractivity (Wildman–Crippen MR) is 71.6 cm³/mol. The molecule has 0 N–H and O–H groups in total. The fourth-order valence-electron chi connectivity index (χ4n) is 3.38. The number of hydrogen-bond donors (Lipinski definition) is 0. The molecular weight excluding hydrogens is 224 g/mol. The second-order valence-electron chi connectivity index (χ2n) is 5.70. The van der Waals surface area contributed by atoms with Gasteiger partial charge in [-0.3, -0.25) is 0 Å². The van der Waals surface area contributed by atoms with Crippen LogP contribution < -0.4 is 0 Å². The normalized spacial score (nSPS) is 23.7. The number of hydrogen-bond acceptors (Lipinski definition) is 2. The van der Waals surface area contributed by atoms with Crippen LogP contribution >= 0.6 is 0 Å². The molecule has 1 aliphatic heterocycles. The first-order chi connectivity index (χ1) is 8.69. The third-order valence-corrected chi connectivity index (χ3v) is 4.40. The highest BCUT2D eigenvalue weighted by atomic mass is 16.7. The molecule has 2 fully saturated rings. The van der Waals surface area contributed by atoms with E-state index in [9.17, 15) is 0 Å². The van der Waals surface area contributed by atoms with Crippen molar-refractivity contribution in [3.05, 3.63) is 34.9 Å². The lowest BCUT2D eigenvalue weighted by Gasteiger charge is -2.25. The second-order valence-corrected chi connectivity index (χ2v) is 5.70. The van der Waals surface area contributed by atoms with Gasteiger partial charge in [0.05, 0.1) is 13.2 Å². The molecule has 98 valence electrons. The summed E-state index contributed by atoms with van der Waals surface area (Å²) in [4.78, 5) is 0. The van der Waals surface area contributed by atoms with Gasteiger partial charge in [-0.25, -0.2) is 0 Å². The quantitative estimate of drug-likeness (QED) is 0.788. The molecule has 1 saturated heterocycles. The van der Waals surface area contributed by atoms with Gasteiger partial charge in [0.1, 0.15) is 0 Å². The van der Waals surface area contributed by atoms with E-state index in [0.717, 1.165) is 5.92 Å². The van der Waals surface area contributed by atoms with Crippen LogP contribution in [0.5, 0.6) is 0 Å². The summed E-state index contributed by atoms with van der Waals surface area (Å²) in [7, 11) is 0. The molecule has 0 unspecified atom stereocenters. The highest BCUT2D eigenvalue weighted by Gasteiger charge is 2.34. The Hall–Kier alpha value is -0.860. The monoisotopic (exact) mass is 246 g/mol. The van der Waals surface area contributed by atoms with Gasteiger partial charge < -0.3 is 9.47 Å². The molecule has 2 nitrogen and oxygen atoms in total. The van der Waals surface area contributed by atoms with E-state index in [-0.39, 0.29) is 0 Å². The van der Waals surface area contributed by atoms with E-state index in [4.69, 9.17) is 9.47 Å². The van der Waals surface area contributed by atoms with E-state index >= 15 is 0 Å². The summed E-state index contributed by atoms with van der Waals surface area (Å²) in [5, 5.41) is 0. The number of benzene rings is 1. The standard InChI is InChI=1S/C16H22O2/c1-12-11-14(13-5-3-4-6-13)7-8-15(12)16(2)17-9-10-18-16/h7-8,11,13H,3-6,9-10H2,1-2H3. The molecule has 2 aliphatic rings. The Morgan fingerprint density at radius 1 is 1.11 bits per heavy atom. The molecule has 1 aromatic carbocycles. The average Bonchev–Trinajstić information content (AvgIpc) is 3.00. The molecule has 2 heteroatoms. The van der Waals surface area contributed by atoms with Crippen molar-refractivity contribution in [2.24, 2.45) is 0 Å². The van der Waals surface area contributed by atoms with E-state index in [1.165, 1.54) is 42.4 Å². The summed E-state index contributed by atoms with van der Waals surface area (Å²) in [6, 6.07) is 6.81. The zero-order valence-corrected chi connectivity index (χ0v) is 11.4. The van der Waals surface area contributed by atoms with Crippen LogP contribution in [-0.2, 0) is 15.3 Å². The second kappa shape index (κ2) is 4.67. The lowest BCUT2D eigenvalue weighted by Crippen LogP contribution is -2.23. The lowest BCUT2D eigenvalue weighted by atomic mass is 9.92. The number of ether oxygens (including phenoxy) is 2. The van der Waals surface area contributed by atoms with Crippen LogP contribution in [0.25, 0.3) is 0 Å². The van der Waals surface area contributed by atoms with Gasteiger partial charge in [0.2, 0.25) is 0 Å². The maximum absolute atomic E-state index is 5.75. The molecule has 1 aromatic rings. The summed E-state index contributed by atoms with van der Waals surface area (Å²) in [6.07, 6.45) is 5.47. The highest BCUT2D eigenvalue weighted by Crippen LogP contribution is 2.38. The third-order valence-electron chi connectivity index (χ3n) is 4.40. The Labute approximate surface area is 109 Å². The van der Waals surface area contributed by atoms with Crippen molar-refractivity contribution in [3.8, 4) is 0 Å². The van der Waals surface area contributed by atoms with Crippen molar-refractivity contribution in [2.75, 3.05) is 13.2 Å². The van der Waals surface area contributed by atoms with Crippen molar-refractivity contribution >= 4 is 0 Å². The average molecular weight is 246 g/mol. The Balaban J connectivity index is 1.88. The Kier molecular flexibility index (Phi) is 3.16. The lowest BCUT2D eigenvalue weighted by molar-refractivity contribution is -0.150. The predicted octanol–water partition coefficient (Wildman–Crippen LogP) is 3.87. The first-order valence-corrected chi connectivity index (χ1v) is 7.08. The first-order valence-electron chi connectivity index (χ1n) is 7.08. The maximum atomic E-state index is 5.75. The van der Waals surface area contributed by atoms with Crippen molar-refractivity contribution in [1.29, 1.82) is 0 Å². The Morgan fingerprint density at radius 3 is 2.39 bits per heavy atom. The van der Waals surface area contributed by atoms with Gasteiger partial charge in [0, 0.05) is 5.56 Å². The van der Waals surface area contributed by atoms with Crippen molar-refractivity contribution < 1.29 is 9.47 Å².